The van der Waals surface area contributed by atoms with E-state index in [1.807, 2.05) is 31.2 Å². The van der Waals surface area contributed by atoms with Gasteiger partial charge >= 0.3 is 5.97 Å². The Morgan fingerprint density at radius 2 is 1.52 bits per heavy atom. The van der Waals surface area contributed by atoms with Gasteiger partial charge in [0.1, 0.15) is 5.82 Å². The number of benzene rings is 2. The number of hydrogen-bond acceptors (Lipinski definition) is 2. The second-order valence-corrected chi connectivity index (χ2v) is 5.03. The number of carbonyl (C=O) groups is 1. The van der Waals surface area contributed by atoms with Crippen LogP contribution in [0.5, 0.6) is 0 Å². The molecule has 2 rings (SSSR count). The molecule has 2 aromatic rings. The molecule has 0 fully saturated rings. The molecule has 2 aromatic carbocycles. The van der Waals surface area contributed by atoms with E-state index in [0.717, 1.165) is 16.7 Å². The monoisotopic (exact) mass is 284 g/mol. The highest BCUT2D eigenvalue weighted by molar-refractivity contribution is 5.87. The van der Waals surface area contributed by atoms with Crippen LogP contribution in [0.2, 0.25) is 0 Å². The summed E-state index contributed by atoms with van der Waals surface area (Å²) in [5.41, 5.74) is 2.99. The molecule has 0 bridgehead atoms. The summed E-state index contributed by atoms with van der Waals surface area (Å²) in [7, 11) is 0. The van der Waals surface area contributed by atoms with E-state index >= 15 is 0 Å². The zero-order valence-corrected chi connectivity index (χ0v) is 12.1. The molecule has 0 radical (unpaired) electrons. The lowest BCUT2D eigenvalue weighted by Gasteiger charge is -2.19. The molecule has 0 amide bonds. The summed E-state index contributed by atoms with van der Waals surface area (Å²) in [6.07, 6.45) is -0.574. The summed E-state index contributed by atoms with van der Waals surface area (Å²) >= 11 is 0. The minimum absolute atomic E-state index is 0.326. The van der Waals surface area contributed by atoms with Gasteiger partial charge in [-0.1, -0.05) is 48.5 Å². The van der Waals surface area contributed by atoms with Crippen molar-refractivity contribution in [1.82, 2.24) is 0 Å². The van der Waals surface area contributed by atoms with Gasteiger partial charge in [-0.3, -0.25) is 0 Å². The van der Waals surface area contributed by atoms with Crippen LogP contribution in [0, 0.1) is 12.7 Å². The topological polar surface area (TPSA) is 26.3 Å². The second-order valence-electron chi connectivity index (χ2n) is 5.03. The minimum atomic E-state index is -0.574. The van der Waals surface area contributed by atoms with Gasteiger partial charge < -0.3 is 4.74 Å². The van der Waals surface area contributed by atoms with Crippen molar-refractivity contribution in [2.75, 3.05) is 0 Å². The summed E-state index contributed by atoms with van der Waals surface area (Å²) in [6, 6.07) is 13.6. The van der Waals surface area contributed by atoms with E-state index in [2.05, 4.69) is 6.58 Å². The van der Waals surface area contributed by atoms with Gasteiger partial charge in [0, 0.05) is 5.57 Å². The van der Waals surface area contributed by atoms with Crippen molar-refractivity contribution in [3.63, 3.8) is 0 Å². The molecule has 108 valence electrons. The van der Waals surface area contributed by atoms with E-state index < -0.39 is 12.1 Å². The van der Waals surface area contributed by atoms with Crippen molar-refractivity contribution in [3.8, 4) is 0 Å². The van der Waals surface area contributed by atoms with Crippen LogP contribution >= 0.6 is 0 Å². The molecule has 0 aliphatic carbocycles. The smallest absolute Gasteiger partial charge is 0.334 e. The summed E-state index contributed by atoms with van der Waals surface area (Å²) in [4.78, 5) is 11.8. The number of ether oxygens (including phenoxy) is 1. The second kappa shape index (κ2) is 6.35. The van der Waals surface area contributed by atoms with Crippen molar-refractivity contribution >= 4 is 5.97 Å². The van der Waals surface area contributed by atoms with Crippen LogP contribution in [0.25, 0.3) is 0 Å². The first-order valence-electron chi connectivity index (χ1n) is 6.66. The van der Waals surface area contributed by atoms with Crippen LogP contribution in [-0.4, -0.2) is 5.97 Å². The molecule has 0 N–H and O–H groups in total. The molecule has 21 heavy (non-hydrogen) atoms. The van der Waals surface area contributed by atoms with Gasteiger partial charge in [-0.2, -0.15) is 0 Å². The largest absolute Gasteiger partial charge is 0.449 e. The van der Waals surface area contributed by atoms with Crippen molar-refractivity contribution < 1.29 is 13.9 Å². The van der Waals surface area contributed by atoms with Gasteiger partial charge in [0.2, 0.25) is 0 Å². The van der Waals surface area contributed by atoms with E-state index in [0.29, 0.717) is 5.57 Å². The molecule has 0 aliphatic heterocycles. The van der Waals surface area contributed by atoms with Crippen molar-refractivity contribution in [1.29, 1.82) is 0 Å². The molecule has 2 nitrogen and oxygen atoms in total. The fourth-order valence-electron chi connectivity index (χ4n) is 1.91. The third-order valence-electron chi connectivity index (χ3n) is 3.13. The van der Waals surface area contributed by atoms with Gasteiger partial charge in [0.05, 0.1) is 0 Å². The van der Waals surface area contributed by atoms with Gasteiger partial charge in [-0.25, -0.2) is 9.18 Å². The standard InChI is InChI=1S/C18H17FO2/c1-12(2)18(20)21-17(14-6-4-13(3)5-7-14)15-8-10-16(19)11-9-15/h4-11,17H,1H2,2-3H3. The first kappa shape index (κ1) is 15.0. The maximum atomic E-state index is 13.1. The fraction of sp³-hybridized carbons (Fsp3) is 0.167. The summed E-state index contributed by atoms with van der Waals surface area (Å²) < 4.78 is 18.6. The number of carbonyl (C=O) groups excluding carboxylic acids is 1. The molecular formula is C18H17FO2. The Bertz CT molecular complexity index is 596. The maximum Gasteiger partial charge on any atom is 0.334 e. The molecule has 1 unspecified atom stereocenters. The lowest BCUT2D eigenvalue weighted by atomic mass is 10.00. The van der Waals surface area contributed by atoms with E-state index in [9.17, 15) is 9.18 Å². The van der Waals surface area contributed by atoms with Gasteiger partial charge in [-0.15, -0.1) is 0 Å². The predicted octanol–water partition coefficient (Wildman–Crippen LogP) is 4.34. The summed E-state index contributed by atoms with van der Waals surface area (Å²) in [6.45, 7) is 7.17. The quantitative estimate of drug-likeness (QED) is 0.616. The van der Waals surface area contributed by atoms with E-state index in [1.165, 1.54) is 12.1 Å². The molecule has 1 atom stereocenters. The van der Waals surface area contributed by atoms with Crippen LogP contribution in [0.4, 0.5) is 4.39 Å². The van der Waals surface area contributed by atoms with Gasteiger partial charge in [-0.05, 0) is 37.1 Å². The third kappa shape index (κ3) is 3.78. The Balaban J connectivity index is 2.38. The maximum absolute atomic E-state index is 13.1. The van der Waals surface area contributed by atoms with Crippen molar-refractivity contribution in [2.45, 2.75) is 20.0 Å². The average Bonchev–Trinajstić information content (AvgIpc) is 2.46. The zero-order valence-electron chi connectivity index (χ0n) is 12.1. The van der Waals surface area contributed by atoms with Crippen LogP contribution < -0.4 is 0 Å². The third-order valence-corrected chi connectivity index (χ3v) is 3.13. The first-order valence-corrected chi connectivity index (χ1v) is 6.66. The van der Waals surface area contributed by atoms with Crippen molar-refractivity contribution in [2.24, 2.45) is 0 Å². The Morgan fingerprint density at radius 1 is 1.05 bits per heavy atom. The van der Waals surface area contributed by atoms with Gasteiger partial charge in [0.15, 0.2) is 6.10 Å². The molecule has 0 saturated heterocycles. The molecule has 0 spiro atoms. The van der Waals surface area contributed by atoms with Crippen LogP contribution in [0.15, 0.2) is 60.7 Å². The lowest BCUT2D eigenvalue weighted by Crippen LogP contribution is -2.13. The van der Waals surface area contributed by atoms with Gasteiger partial charge in [0.25, 0.3) is 0 Å². The normalized spacial score (nSPS) is 11.8. The van der Waals surface area contributed by atoms with Crippen LogP contribution in [-0.2, 0) is 9.53 Å². The highest BCUT2D eigenvalue weighted by atomic mass is 19.1. The Morgan fingerprint density at radius 3 is 2.00 bits per heavy atom. The Labute approximate surface area is 123 Å². The fourth-order valence-corrected chi connectivity index (χ4v) is 1.91. The molecule has 0 aromatic heterocycles. The molecule has 3 heteroatoms. The summed E-state index contributed by atoms with van der Waals surface area (Å²) in [5, 5.41) is 0. The average molecular weight is 284 g/mol. The predicted molar refractivity (Wildman–Crippen MR) is 80.3 cm³/mol. The number of rotatable bonds is 4. The number of aryl methyl sites for hydroxylation is 1. The molecule has 0 aliphatic rings. The first-order chi connectivity index (χ1) is 9.97. The Hall–Kier alpha value is -2.42. The number of esters is 1. The number of halogens is 1. The summed E-state index contributed by atoms with van der Waals surface area (Å²) in [5.74, 6) is -0.794. The highest BCUT2D eigenvalue weighted by Gasteiger charge is 2.19. The van der Waals surface area contributed by atoms with E-state index in [-0.39, 0.29) is 5.82 Å². The van der Waals surface area contributed by atoms with Crippen molar-refractivity contribution in [3.05, 3.63) is 83.2 Å². The zero-order chi connectivity index (χ0) is 15.4. The van der Waals surface area contributed by atoms with E-state index in [4.69, 9.17) is 4.74 Å². The lowest BCUT2D eigenvalue weighted by molar-refractivity contribution is -0.142. The SMILES string of the molecule is C=C(C)C(=O)OC(c1ccc(C)cc1)c1ccc(F)cc1. The molecule has 0 saturated carbocycles. The Kier molecular flexibility index (Phi) is 4.53. The molecule has 0 heterocycles. The van der Waals surface area contributed by atoms with Crippen LogP contribution in [0.3, 0.4) is 0 Å². The highest BCUT2D eigenvalue weighted by Crippen LogP contribution is 2.27. The van der Waals surface area contributed by atoms with E-state index in [1.54, 1.807) is 19.1 Å². The molecular weight excluding hydrogens is 267 g/mol. The van der Waals surface area contributed by atoms with Crippen LogP contribution in [0.1, 0.15) is 29.7 Å². The number of hydrogen-bond donors (Lipinski definition) is 0. The minimum Gasteiger partial charge on any atom is -0.449 e.